The van der Waals surface area contributed by atoms with Gasteiger partial charge in [0.2, 0.25) is 0 Å². The Labute approximate surface area is 333 Å². The van der Waals surface area contributed by atoms with E-state index in [0.717, 1.165) is 55.2 Å². The van der Waals surface area contributed by atoms with Crippen molar-refractivity contribution >= 4 is 46.5 Å². The molecule has 2 aliphatic rings. The predicted molar refractivity (Wildman–Crippen MR) is 211 cm³/mol. The van der Waals surface area contributed by atoms with Crippen LogP contribution in [0.2, 0.25) is 0 Å². The van der Waals surface area contributed by atoms with Gasteiger partial charge in [0.1, 0.15) is 18.1 Å². The van der Waals surface area contributed by atoms with Gasteiger partial charge in [0.15, 0.2) is 41.2 Å². The lowest BCUT2D eigenvalue weighted by atomic mass is 9.99. The predicted octanol–water partition coefficient (Wildman–Crippen LogP) is 7.70. The van der Waals surface area contributed by atoms with E-state index in [9.17, 15) is 27.6 Å². The van der Waals surface area contributed by atoms with Crippen molar-refractivity contribution in [3.63, 3.8) is 0 Å². The Hall–Kier alpha value is -5.61. The Bertz CT molecular complexity index is 2130. The number of unbranched alkanes of at least 4 members (excludes halogenated alkanes) is 1. The standard InChI is InChI=1S/C42H46F4N6O6/c1-4-5-18-51-34(25-53)40(49-52(39(51)26-54)33-10-7-6-9-30(33)42(44,45)46)41(55)48-28-11-12-36(31(43)22-28)58-35-13-16-47-32-24-37(56-3)38(23-29(32)35)57-21-8-17-50-19-14-27(2)15-20-50/h6-7,9-13,16,22-27,34,39H,4-5,8,14-15,17-21H2,1-3H3,(H,48,55). The summed E-state index contributed by atoms with van der Waals surface area (Å²) in [4.78, 5) is 46.8. The first kappa shape index (κ1) is 42.0. The quantitative estimate of drug-likeness (QED) is 0.0684. The van der Waals surface area contributed by atoms with Crippen LogP contribution in [-0.4, -0.2) is 91.1 Å². The van der Waals surface area contributed by atoms with Crippen LogP contribution in [0.25, 0.3) is 10.9 Å². The van der Waals surface area contributed by atoms with Gasteiger partial charge in [-0.2, -0.15) is 18.3 Å². The number of piperidine rings is 1. The first-order chi connectivity index (χ1) is 27.9. The van der Waals surface area contributed by atoms with E-state index in [1.54, 1.807) is 18.2 Å². The zero-order valence-corrected chi connectivity index (χ0v) is 32.5. The number of alkyl halides is 3. The summed E-state index contributed by atoms with van der Waals surface area (Å²) in [5.41, 5.74) is -1.60. The minimum Gasteiger partial charge on any atom is -0.493 e. The van der Waals surface area contributed by atoms with E-state index >= 15 is 4.39 Å². The van der Waals surface area contributed by atoms with Gasteiger partial charge in [-0.1, -0.05) is 32.4 Å². The number of carbonyl (C=O) groups is 3. The third kappa shape index (κ3) is 9.56. The Morgan fingerprint density at radius 2 is 1.72 bits per heavy atom. The van der Waals surface area contributed by atoms with Crippen molar-refractivity contribution in [3.8, 4) is 23.0 Å². The van der Waals surface area contributed by atoms with Crippen molar-refractivity contribution in [2.75, 3.05) is 50.2 Å². The zero-order valence-electron chi connectivity index (χ0n) is 32.5. The van der Waals surface area contributed by atoms with E-state index in [4.69, 9.17) is 14.2 Å². The van der Waals surface area contributed by atoms with E-state index in [1.807, 2.05) is 6.92 Å². The number of fused-ring (bicyclic) bond motifs is 1. The number of nitrogens with one attached hydrogen (secondary N) is 1. The van der Waals surface area contributed by atoms with Crippen molar-refractivity contribution in [1.82, 2.24) is 14.8 Å². The molecule has 3 heterocycles. The fraction of sp³-hybridized carbons (Fsp3) is 0.405. The van der Waals surface area contributed by atoms with Crippen LogP contribution < -0.4 is 24.5 Å². The highest BCUT2D eigenvalue weighted by molar-refractivity contribution is 6.47. The van der Waals surface area contributed by atoms with Gasteiger partial charge in [0, 0.05) is 42.5 Å². The van der Waals surface area contributed by atoms with Gasteiger partial charge in [0.05, 0.1) is 30.5 Å². The number of hydrogen-bond acceptors (Lipinski definition) is 11. The number of rotatable bonds is 16. The summed E-state index contributed by atoms with van der Waals surface area (Å²) >= 11 is 0. The van der Waals surface area contributed by atoms with Crippen LogP contribution >= 0.6 is 0 Å². The van der Waals surface area contributed by atoms with Crippen molar-refractivity contribution in [3.05, 3.63) is 78.2 Å². The zero-order chi connectivity index (χ0) is 41.4. The lowest BCUT2D eigenvalue weighted by Gasteiger charge is -2.42. The highest BCUT2D eigenvalue weighted by Crippen LogP contribution is 2.40. The molecule has 12 nitrogen and oxygen atoms in total. The average Bonchev–Trinajstić information content (AvgIpc) is 3.22. The number of aromatic nitrogens is 1. The number of nitrogens with zero attached hydrogens (tertiary/aromatic N) is 5. The summed E-state index contributed by atoms with van der Waals surface area (Å²) in [5.74, 6) is -0.0417. The first-order valence-electron chi connectivity index (χ1n) is 19.3. The van der Waals surface area contributed by atoms with Crippen LogP contribution in [0.5, 0.6) is 23.0 Å². The molecule has 4 aromatic rings. The average molecular weight is 807 g/mol. The summed E-state index contributed by atoms with van der Waals surface area (Å²) < 4.78 is 75.7. The van der Waals surface area contributed by atoms with Crippen LogP contribution in [0.1, 0.15) is 51.5 Å². The Balaban J connectivity index is 1.22. The number of amides is 1. The van der Waals surface area contributed by atoms with E-state index in [-0.39, 0.29) is 23.7 Å². The molecule has 3 aromatic carbocycles. The maximum Gasteiger partial charge on any atom is 0.418 e. The number of halogens is 4. The maximum absolute atomic E-state index is 15.7. The number of ether oxygens (including phenoxy) is 3. The molecule has 1 N–H and O–H groups in total. The molecule has 58 heavy (non-hydrogen) atoms. The molecule has 2 unspecified atom stereocenters. The van der Waals surface area contributed by atoms with Gasteiger partial charge in [-0.25, -0.2) is 9.40 Å². The van der Waals surface area contributed by atoms with E-state index < -0.39 is 47.1 Å². The van der Waals surface area contributed by atoms with Gasteiger partial charge in [0.25, 0.3) is 5.91 Å². The SMILES string of the molecule is CCCCN1C(C=O)C(C(=O)Nc2ccc(Oc3ccnc4cc(OC)c(OCCCN5CCC(C)CC5)cc34)c(F)c2)=NN(c2ccccc2C(F)(F)F)C1C=O. The van der Waals surface area contributed by atoms with Crippen LogP contribution in [0.4, 0.5) is 28.9 Å². The fourth-order valence-corrected chi connectivity index (χ4v) is 7.10. The van der Waals surface area contributed by atoms with Crippen LogP contribution in [-0.2, 0) is 20.6 Å². The van der Waals surface area contributed by atoms with E-state index in [2.05, 4.69) is 27.2 Å². The topological polar surface area (TPSA) is 126 Å². The highest BCUT2D eigenvalue weighted by Gasteiger charge is 2.44. The number of hydrazone groups is 1. The molecule has 1 saturated heterocycles. The fourth-order valence-electron chi connectivity index (χ4n) is 7.10. The van der Waals surface area contributed by atoms with Crippen LogP contribution in [0.3, 0.4) is 0 Å². The first-order valence-corrected chi connectivity index (χ1v) is 19.3. The minimum atomic E-state index is -4.82. The maximum atomic E-state index is 15.7. The van der Waals surface area contributed by atoms with Crippen molar-refractivity contribution in [1.29, 1.82) is 0 Å². The molecule has 6 rings (SSSR count). The summed E-state index contributed by atoms with van der Waals surface area (Å²) in [7, 11) is 1.53. The second kappa shape index (κ2) is 18.8. The summed E-state index contributed by atoms with van der Waals surface area (Å²) in [6.45, 7) is 7.76. The molecule has 16 heteroatoms. The minimum absolute atomic E-state index is 0.0545. The second-order valence-corrected chi connectivity index (χ2v) is 14.3. The van der Waals surface area contributed by atoms with Gasteiger partial charge < -0.3 is 29.2 Å². The second-order valence-electron chi connectivity index (χ2n) is 14.3. The molecule has 2 atom stereocenters. The van der Waals surface area contributed by atoms with Crippen LogP contribution in [0.15, 0.2) is 72.0 Å². The summed E-state index contributed by atoms with van der Waals surface area (Å²) in [6.07, 6.45) is 0.310. The van der Waals surface area contributed by atoms with Crippen molar-refractivity contribution in [2.45, 2.75) is 64.3 Å². The number of likely N-dealkylation sites (tertiary alicyclic amines) is 1. The number of pyridine rings is 1. The number of para-hydroxylation sites is 1. The smallest absolute Gasteiger partial charge is 0.418 e. The molecule has 1 fully saturated rings. The van der Waals surface area contributed by atoms with Crippen molar-refractivity contribution in [2.24, 2.45) is 11.0 Å². The highest BCUT2D eigenvalue weighted by atomic mass is 19.4. The van der Waals surface area contributed by atoms with Gasteiger partial charge >= 0.3 is 6.18 Å². The molecule has 0 spiro atoms. The van der Waals surface area contributed by atoms with Gasteiger partial charge in [-0.05, 0) is 81.1 Å². The lowest BCUT2D eigenvalue weighted by molar-refractivity contribution is -0.137. The van der Waals surface area contributed by atoms with Gasteiger partial charge in [-0.3, -0.25) is 19.5 Å². The molecule has 0 bridgehead atoms. The van der Waals surface area contributed by atoms with E-state index in [1.165, 1.54) is 55.3 Å². The molecule has 1 amide bonds. The Kier molecular flexibility index (Phi) is 13.6. The molecule has 1 aromatic heterocycles. The third-order valence-corrected chi connectivity index (χ3v) is 10.3. The van der Waals surface area contributed by atoms with Crippen molar-refractivity contribution < 1.29 is 46.2 Å². The molecular weight excluding hydrogens is 760 g/mol. The molecule has 0 saturated carbocycles. The molecule has 0 aliphatic carbocycles. The number of methoxy groups -OCH3 is 1. The molecule has 0 radical (unpaired) electrons. The Morgan fingerprint density at radius 1 is 0.948 bits per heavy atom. The van der Waals surface area contributed by atoms with Crippen LogP contribution in [0, 0.1) is 11.7 Å². The largest absolute Gasteiger partial charge is 0.493 e. The molecule has 308 valence electrons. The number of carbonyl (C=O) groups excluding carboxylic acids is 3. The number of benzene rings is 3. The lowest BCUT2D eigenvalue weighted by Crippen LogP contribution is -2.62. The molecule has 2 aliphatic heterocycles. The monoisotopic (exact) mass is 806 g/mol. The van der Waals surface area contributed by atoms with Gasteiger partial charge in [-0.15, -0.1) is 0 Å². The normalized spacial score (nSPS) is 18.1. The Morgan fingerprint density at radius 3 is 2.41 bits per heavy atom. The molecular formula is C42H46F4N6O6. The van der Waals surface area contributed by atoms with E-state index in [0.29, 0.717) is 54.4 Å². The summed E-state index contributed by atoms with van der Waals surface area (Å²) in [6, 6.07) is 11.8. The number of aldehydes is 2. The number of anilines is 2. The number of hydrogen-bond donors (Lipinski definition) is 1. The third-order valence-electron chi connectivity index (χ3n) is 10.3. The summed E-state index contributed by atoms with van der Waals surface area (Å²) in [5, 5.41) is 7.99.